The van der Waals surface area contributed by atoms with E-state index in [1.54, 1.807) is 0 Å². The Morgan fingerprint density at radius 1 is 0.760 bits per heavy atom. The summed E-state index contributed by atoms with van der Waals surface area (Å²) < 4.78 is 11.2. The van der Waals surface area contributed by atoms with Gasteiger partial charge >= 0.3 is 46.5 Å². The van der Waals surface area contributed by atoms with Crippen molar-refractivity contribution < 1.29 is 43.0 Å². The topological polar surface area (TPSA) is 52.6 Å². The van der Waals surface area contributed by atoms with Crippen LogP contribution < -0.4 is 0 Å². The molecule has 0 rings (SSSR count). The molecule has 25 heavy (non-hydrogen) atoms. The first-order valence-electron chi connectivity index (χ1n) is 7.04. The van der Waals surface area contributed by atoms with Gasteiger partial charge in [-0.3, -0.25) is 9.59 Å². The predicted molar refractivity (Wildman–Crippen MR) is 112 cm³/mol. The molecule has 0 saturated carbocycles. The molecule has 0 aliphatic rings. The van der Waals surface area contributed by atoms with Crippen molar-refractivity contribution in [2.75, 3.05) is 68.6 Å². The summed E-state index contributed by atoms with van der Waals surface area (Å²) in [6.07, 6.45) is 0. The van der Waals surface area contributed by atoms with Crippen LogP contribution in [0.2, 0.25) is 0 Å². The summed E-state index contributed by atoms with van der Waals surface area (Å²) in [5, 5.41) is 0. The van der Waals surface area contributed by atoms with E-state index in [9.17, 15) is 9.59 Å². The maximum absolute atomic E-state index is 10.3. The van der Waals surface area contributed by atoms with Crippen molar-refractivity contribution in [1.29, 1.82) is 0 Å². The summed E-state index contributed by atoms with van der Waals surface area (Å²) in [7, 11) is 21.1. The van der Waals surface area contributed by atoms with Crippen LogP contribution in [0, 0.1) is 0 Å². The van der Waals surface area contributed by atoms with Crippen LogP contribution in [0.15, 0.2) is 0 Å². The molecule has 0 N–H and O–H groups in total. The first kappa shape index (κ1) is 36.6. The van der Waals surface area contributed by atoms with E-state index in [0.717, 1.165) is 22.1 Å². The van der Waals surface area contributed by atoms with Gasteiger partial charge in [-0.05, 0) is 0 Å². The molecule has 0 radical (unpaired) electrons. The average molecular weight is 607 g/mol. The van der Waals surface area contributed by atoms with Crippen LogP contribution in [0.3, 0.4) is 0 Å². The first-order chi connectivity index (χ1) is 10.2. The molecule has 11 heteroatoms. The standard InChI is InChI=1S/2C7H16NO2.2H2S.2S.W/c2*1-7(9)10-6-5-8(2,3)4;;;;;/h2*5-6H2,1-4H3;2*1H2;;;/q2*+1;;;;;/p-2. The van der Waals surface area contributed by atoms with Crippen LogP contribution in [0.25, 0.3) is 0 Å². The van der Waals surface area contributed by atoms with E-state index in [1.165, 1.54) is 13.8 Å². The zero-order chi connectivity index (χ0) is 19.1. The summed E-state index contributed by atoms with van der Waals surface area (Å²) in [6, 6.07) is 0. The molecule has 0 aromatic heterocycles. The Kier molecular flexibility index (Phi) is 30.7. The number of quaternary nitrogens is 2. The number of nitrogens with zero attached hydrogens (tertiary/aromatic N) is 2. The fourth-order valence-corrected chi connectivity index (χ4v) is 0.926. The van der Waals surface area contributed by atoms with E-state index in [-0.39, 0.29) is 38.9 Å². The van der Waals surface area contributed by atoms with Crippen molar-refractivity contribution in [2.45, 2.75) is 13.8 Å². The summed E-state index contributed by atoms with van der Waals surface area (Å²) in [6.45, 7) is 5.60. The van der Waals surface area contributed by atoms with Gasteiger partial charge in [0.25, 0.3) is 0 Å². The second-order valence-electron chi connectivity index (χ2n) is 6.78. The number of carbonyl (C=O) groups is 2. The SMILES string of the molecule is CC(=O)OCC[N+](C)(C)C.CC(=O)OCC[N+](C)(C)C.[SH-].[SH-].[S]=[W]=[S]. The normalized spacial score (nSPS) is 9.44. The van der Waals surface area contributed by atoms with Crippen molar-refractivity contribution in [1.82, 2.24) is 0 Å². The van der Waals surface area contributed by atoms with Gasteiger partial charge in [0.15, 0.2) is 0 Å². The fourth-order valence-electron chi connectivity index (χ4n) is 0.926. The van der Waals surface area contributed by atoms with E-state index < -0.39 is 14.9 Å². The Morgan fingerprint density at radius 3 is 1.08 bits per heavy atom. The molecule has 0 aliphatic heterocycles. The molecule has 0 bridgehead atoms. The van der Waals surface area contributed by atoms with Crippen molar-refractivity contribution in [2.24, 2.45) is 0 Å². The van der Waals surface area contributed by atoms with Gasteiger partial charge in [-0.25, -0.2) is 0 Å². The van der Waals surface area contributed by atoms with Gasteiger partial charge in [-0.1, -0.05) is 0 Å². The van der Waals surface area contributed by atoms with Crippen LogP contribution in [0.1, 0.15) is 13.8 Å². The number of esters is 2. The Hall–Kier alpha value is 0.688. The Balaban J connectivity index is -0.0000000861. The number of carbonyl (C=O) groups excluding carboxylic acids is 2. The molecule has 0 spiro atoms. The van der Waals surface area contributed by atoms with Crippen LogP contribution in [-0.2, 0) is 61.0 Å². The number of hydrogen-bond donors (Lipinski definition) is 0. The molecule has 0 amide bonds. The van der Waals surface area contributed by atoms with Gasteiger partial charge in [0.1, 0.15) is 26.3 Å². The molecule has 0 heterocycles. The molecule has 0 saturated heterocycles. The zero-order valence-electron chi connectivity index (χ0n) is 16.5. The molecule has 0 aromatic rings. The fraction of sp³-hybridized carbons (Fsp3) is 0.857. The summed E-state index contributed by atoms with van der Waals surface area (Å²) in [5.41, 5.74) is 0. The molecular weight excluding hydrogens is 572 g/mol. The number of thiol groups is 2. The van der Waals surface area contributed by atoms with Crippen LogP contribution in [-0.4, -0.2) is 89.5 Å². The van der Waals surface area contributed by atoms with Crippen LogP contribution in [0.4, 0.5) is 0 Å². The third-order valence-electron chi connectivity index (χ3n) is 2.13. The van der Waals surface area contributed by atoms with Crippen molar-refractivity contribution in [3.05, 3.63) is 0 Å². The third-order valence-corrected chi connectivity index (χ3v) is 2.13. The predicted octanol–water partition coefficient (Wildman–Crippen LogP) is 1.27. The molecular formula is C14H34N2O4S4W. The van der Waals surface area contributed by atoms with Gasteiger partial charge in [-0.15, -0.1) is 0 Å². The number of hydrogen-bond acceptors (Lipinski definition) is 8. The molecule has 0 aromatic carbocycles. The van der Waals surface area contributed by atoms with Crippen LogP contribution >= 0.6 is 19.6 Å². The van der Waals surface area contributed by atoms with E-state index in [0.29, 0.717) is 13.2 Å². The molecule has 0 aliphatic carbocycles. The van der Waals surface area contributed by atoms with E-state index in [4.69, 9.17) is 9.47 Å². The Bertz CT molecular complexity index is 350. The molecule has 154 valence electrons. The molecule has 6 nitrogen and oxygen atoms in total. The quantitative estimate of drug-likeness (QED) is 0.194. The Labute approximate surface area is 183 Å². The van der Waals surface area contributed by atoms with Crippen LogP contribution in [0.5, 0.6) is 0 Å². The summed E-state index contributed by atoms with van der Waals surface area (Å²) in [4.78, 5) is 20.6. The number of ether oxygens (including phenoxy) is 2. The Morgan fingerprint density at radius 2 is 0.960 bits per heavy atom. The van der Waals surface area contributed by atoms with Gasteiger partial charge in [-0.2, -0.15) is 0 Å². The zero-order valence-corrected chi connectivity index (χ0v) is 22.8. The summed E-state index contributed by atoms with van der Waals surface area (Å²) >= 11 is -0.583. The molecule has 0 fully saturated rings. The van der Waals surface area contributed by atoms with E-state index in [1.807, 2.05) is 0 Å². The van der Waals surface area contributed by atoms with Gasteiger partial charge in [0.2, 0.25) is 0 Å². The molecule has 0 unspecified atom stereocenters. The summed E-state index contributed by atoms with van der Waals surface area (Å²) in [5.74, 6) is -0.401. The van der Waals surface area contributed by atoms with Gasteiger partial charge in [0, 0.05) is 13.8 Å². The number of likely N-dealkylation sites (N-methyl/N-ethyl adjacent to an activating group) is 2. The first-order valence-corrected chi connectivity index (χ1v) is 14.9. The van der Waals surface area contributed by atoms with Crippen molar-refractivity contribution in [3.8, 4) is 0 Å². The van der Waals surface area contributed by atoms with E-state index >= 15 is 0 Å². The van der Waals surface area contributed by atoms with Gasteiger partial charge < -0.3 is 45.4 Å². The van der Waals surface area contributed by atoms with Crippen molar-refractivity contribution >= 4 is 58.6 Å². The van der Waals surface area contributed by atoms with Gasteiger partial charge in [0.05, 0.1) is 42.3 Å². The number of rotatable bonds is 6. The minimum atomic E-state index is -0.583. The monoisotopic (exact) mass is 606 g/mol. The second kappa shape index (κ2) is 21.0. The second-order valence-corrected chi connectivity index (χ2v) is 11.7. The third kappa shape index (κ3) is 58.9. The maximum atomic E-state index is 10.3. The van der Waals surface area contributed by atoms with Crippen molar-refractivity contribution in [3.63, 3.8) is 0 Å². The molecule has 0 atom stereocenters. The van der Waals surface area contributed by atoms with E-state index in [2.05, 4.69) is 61.9 Å². The average Bonchev–Trinajstić information content (AvgIpc) is 2.25. The minimum absolute atomic E-state index is 0.